The second-order valence-corrected chi connectivity index (χ2v) is 8.85. The Kier molecular flexibility index (Phi) is 8.09. The summed E-state index contributed by atoms with van der Waals surface area (Å²) in [4.78, 5) is 31.7. The lowest BCUT2D eigenvalue weighted by atomic mass is 9.96. The highest BCUT2D eigenvalue weighted by Crippen LogP contribution is 2.22. The number of likely N-dealkylation sites (tertiary alicyclic amines) is 1. The number of carbonyl (C=O) groups excluding carboxylic acids is 2. The summed E-state index contributed by atoms with van der Waals surface area (Å²) < 4.78 is 0. The summed E-state index contributed by atoms with van der Waals surface area (Å²) >= 11 is 0. The van der Waals surface area contributed by atoms with E-state index >= 15 is 0 Å². The molecule has 3 N–H and O–H groups in total. The molecule has 7 nitrogen and oxygen atoms in total. The van der Waals surface area contributed by atoms with Crippen molar-refractivity contribution in [2.24, 2.45) is 5.92 Å². The van der Waals surface area contributed by atoms with E-state index in [0.29, 0.717) is 13.1 Å². The zero-order valence-electron chi connectivity index (χ0n) is 19.7. The smallest absolute Gasteiger partial charge is 0.319 e. The van der Waals surface area contributed by atoms with Gasteiger partial charge in [-0.2, -0.15) is 0 Å². The number of aryl methyl sites for hydroxylation is 1. The number of carbonyl (C=O) groups is 2. The molecule has 1 aliphatic heterocycles. The molecular formula is C27H33N5O2. The third kappa shape index (κ3) is 6.54. The molecule has 0 saturated carbocycles. The summed E-state index contributed by atoms with van der Waals surface area (Å²) in [6, 6.07) is 19.7. The molecule has 1 fully saturated rings. The Hall–Kier alpha value is -3.45. The van der Waals surface area contributed by atoms with Crippen molar-refractivity contribution >= 4 is 28.5 Å². The molecule has 178 valence electrons. The van der Waals surface area contributed by atoms with Gasteiger partial charge in [0.05, 0.1) is 11.2 Å². The molecule has 0 unspecified atom stereocenters. The van der Waals surface area contributed by atoms with Crippen molar-refractivity contribution in [2.45, 2.75) is 26.2 Å². The van der Waals surface area contributed by atoms with Gasteiger partial charge >= 0.3 is 6.03 Å². The topological polar surface area (TPSA) is 86.4 Å². The maximum atomic E-state index is 12.5. The number of urea groups is 1. The minimum Gasteiger partial charge on any atom is -0.356 e. The number of hydrogen-bond donors (Lipinski definition) is 3. The first-order chi connectivity index (χ1) is 16.6. The third-order valence-electron chi connectivity index (χ3n) is 6.32. The number of pyridine rings is 1. The lowest BCUT2D eigenvalue weighted by Crippen LogP contribution is -2.44. The van der Waals surface area contributed by atoms with Crippen molar-refractivity contribution in [1.82, 2.24) is 20.5 Å². The first-order valence-corrected chi connectivity index (χ1v) is 12.0. The molecule has 0 atom stereocenters. The first kappa shape index (κ1) is 23.7. The number of amides is 3. The quantitative estimate of drug-likeness (QED) is 0.479. The van der Waals surface area contributed by atoms with Crippen molar-refractivity contribution in [2.75, 3.05) is 38.0 Å². The van der Waals surface area contributed by atoms with E-state index in [-0.39, 0.29) is 17.9 Å². The Bertz CT molecular complexity index is 1110. The third-order valence-corrected chi connectivity index (χ3v) is 6.32. The molecular weight excluding hydrogens is 426 g/mol. The Morgan fingerprint density at radius 2 is 1.71 bits per heavy atom. The molecule has 0 spiro atoms. The molecule has 34 heavy (non-hydrogen) atoms. The monoisotopic (exact) mass is 459 g/mol. The number of aromatic nitrogens is 1. The fourth-order valence-corrected chi connectivity index (χ4v) is 4.44. The van der Waals surface area contributed by atoms with Crippen LogP contribution in [0.3, 0.4) is 0 Å². The van der Waals surface area contributed by atoms with Gasteiger partial charge in [-0.1, -0.05) is 48.5 Å². The summed E-state index contributed by atoms with van der Waals surface area (Å²) in [6.07, 6.45) is 2.56. The van der Waals surface area contributed by atoms with Gasteiger partial charge in [0, 0.05) is 36.6 Å². The Labute approximate surface area is 200 Å². The van der Waals surface area contributed by atoms with Crippen LogP contribution in [0.2, 0.25) is 0 Å². The summed E-state index contributed by atoms with van der Waals surface area (Å²) in [5.41, 5.74) is 3.73. The average Bonchev–Trinajstić information content (AvgIpc) is 2.85. The normalized spacial score (nSPS) is 14.6. The zero-order chi connectivity index (χ0) is 23.8. The number of rotatable bonds is 8. The molecule has 3 amide bonds. The SMILES string of the molecule is Cc1cc(NC(=O)NCCN2CCC(C(=O)NCCc3ccccc3)CC2)c2ccccc2n1. The molecule has 2 heterocycles. The van der Waals surface area contributed by atoms with Crippen molar-refractivity contribution in [1.29, 1.82) is 0 Å². The van der Waals surface area contributed by atoms with Gasteiger partial charge in [-0.3, -0.25) is 9.78 Å². The van der Waals surface area contributed by atoms with E-state index in [0.717, 1.165) is 61.2 Å². The van der Waals surface area contributed by atoms with E-state index in [2.05, 4.69) is 38.0 Å². The highest BCUT2D eigenvalue weighted by Gasteiger charge is 2.24. The highest BCUT2D eigenvalue weighted by atomic mass is 16.2. The van der Waals surface area contributed by atoms with Gasteiger partial charge in [0.1, 0.15) is 0 Å². The van der Waals surface area contributed by atoms with Crippen LogP contribution in [0.1, 0.15) is 24.1 Å². The molecule has 0 bridgehead atoms. The number of piperidine rings is 1. The van der Waals surface area contributed by atoms with E-state index in [1.54, 1.807) is 0 Å². The average molecular weight is 460 g/mol. The number of fused-ring (bicyclic) bond motifs is 1. The number of nitrogens with zero attached hydrogens (tertiary/aromatic N) is 2. The van der Waals surface area contributed by atoms with E-state index in [4.69, 9.17) is 0 Å². The van der Waals surface area contributed by atoms with Crippen LogP contribution in [0.25, 0.3) is 10.9 Å². The maximum Gasteiger partial charge on any atom is 0.319 e. The van der Waals surface area contributed by atoms with Crippen LogP contribution in [0.4, 0.5) is 10.5 Å². The van der Waals surface area contributed by atoms with Crippen LogP contribution < -0.4 is 16.0 Å². The lowest BCUT2D eigenvalue weighted by Gasteiger charge is -2.31. The van der Waals surface area contributed by atoms with Crippen LogP contribution in [0.5, 0.6) is 0 Å². The van der Waals surface area contributed by atoms with Crippen molar-refractivity contribution in [3.8, 4) is 0 Å². The predicted molar refractivity (Wildman–Crippen MR) is 136 cm³/mol. The minimum absolute atomic E-state index is 0.0755. The largest absolute Gasteiger partial charge is 0.356 e. The number of nitrogens with one attached hydrogen (secondary N) is 3. The summed E-state index contributed by atoms with van der Waals surface area (Å²) in [6.45, 7) is 5.66. The van der Waals surface area contributed by atoms with Gasteiger partial charge in [0.25, 0.3) is 0 Å². The second-order valence-electron chi connectivity index (χ2n) is 8.85. The van der Waals surface area contributed by atoms with Gasteiger partial charge in [-0.05, 0) is 57.0 Å². The summed E-state index contributed by atoms with van der Waals surface area (Å²) in [5.74, 6) is 0.236. The van der Waals surface area contributed by atoms with E-state index in [1.165, 1.54) is 5.56 Å². The lowest BCUT2D eigenvalue weighted by molar-refractivity contribution is -0.126. The Morgan fingerprint density at radius 3 is 2.50 bits per heavy atom. The molecule has 2 aromatic carbocycles. The molecule has 0 radical (unpaired) electrons. The molecule has 1 aliphatic rings. The number of benzene rings is 2. The molecule has 7 heteroatoms. The fraction of sp³-hybridized carbons (Fsp3) is 0.370. The van der Waals surface area contributed by atoms with Gasteiger partial charge in [0.15, 0.2) is 0 Å². The van der Waals surface area contributed by atoms with Gasteiger partial charge in [0.2, 0.25) is 5.91 Å². The van der Waals surface area contributed by atoms with Gasteiger partial charge in [-0.25, -0.2) is 4.79 Å². The minimum atomic E-state index is -0.219. The molecule has 3 aromatic rings. The molecule has 4 rings (SSSR count). The van der Waals surface area contributed by atoms with Crippen LogP contribution >= 0.6 is 0 Å². The number of hydrogen-bond acceptors (Lipinski definition) is 4. The standard InChI is InChI=1S/C27H33N5O2/c1-20-19-25(23-9-5-6-10-24(23)30-20)31-27(34)29-15-18-32-16-12-22(13-17-32)26(33)28-14-11-21-7-3-2-4-8-21/h2-10,19,22H,11-18H2,1H3,(H,28,33)(H2,29,30,31,34). The molecule has 0 aliphatic carbocycles. The molecule has 1 aromatic heterocycles. The first-order valence-electron chi connectivity index (χ1n) is 12.0. The van der Waals surface area contributed by atoms with Crippen LogP contribution in [0.15, 0.2) is 60.7 Å². The summed E-state index contributed by atoms with van der Waals surface area (Å²) in [5, 5.41) is 9.91. The van der Waals surface area contributed by atoms with E-state index in [9.17, 15) is 9.59 Å². The van der Waals surface area contributed by atoms with E-state index < -0.39 is 0 Å². The van der Waals surface area contributed by atoms with Crippen molar-refractivity contribution in [3.05, 3.63) is 71.9 Å². The number of para-hydroxylation sites is 1. The summed E-state index contributed by atoms with van der Waals surface area (Å²) in [7, 11) is 0. The van der Waals surface area contributed by atoms with E-state index in [1.807, 2.05) is 55.5 Å². The predicted octanol–water partition coefficient (Wildman–Crippen LogP) is 3.74. The maximum absolute atomic E-state index is 12.5. The van der Waals surface area contributed by atoms with Crippen molar-refractivity contribution in [3.63, 3.8) is 0 Å². The fourth-order valence-electron chi connectivity index (χ4n) is 4.44. The second kappa shape index (κ2) is 11.6. The highest BCUT2D eigenvalue weighted by molar-refractivity contribution is 6.00. The zero-order valence-corrected chi connectivity index (χ0v) is 19.7. The van der Waals surface area contributed by atoms with Gasteiger partial charge < -0.3 is 20.9 Å². The Morgan fingerprint density at radius 1 is 0.971 bits per heavy atom. The van der Waals surface area contributed by atoms with Crippen LogP contribution in [0, 0.1) is 12.8 Å². The van der Waals surface area contributed by atoms with Crippen LogP contribution in [-0.2, 0) is 11.2 Å². The molecule has 1 saturated heterocycles. The Balaban J connectivity index is 1.14. The van der Waals surface area contributed by atoms with Gasteiger partial charge in [-0.15, -0.1) is 0 Å². The van der Waals surface area contributed by atoms with Crippen LogP contribution in [-0.4, -0.2) is 54.5 Å². The van der Waals surface area contributed by atoms with Crippen molar-refractivity contribution < 1.29 is 9.59 Å². The number of anilines is 1.